The van der Waals surface area contributed by atoms with E-state index in [0.717, 1.165) is 11.6 Å². The van der Waals surface area contributed by atoms with Crippen molar-refractivity contribution in [3.05, 3.63) is 59.9 Å². The lowest BCUT2D eigenvalue weighted by Gasteiger charge is -2.24. The predicted octanol–water partition coefficient (Wildman–Crippen LogP) is 4.39. The molecule has 8 heteroatoms. The Kier molecular flexibility index (Phi) is 9.94. The monoisotopic (exact) mass is 447 g/mol. The van der Waals surface area contributed by atoms with Gasteiger partial charge in [0.2, 0.25) is 0 Å². The van der Waals surface area contributed by atoms with Crippen molar-refractivity contribution < 1.29 is 33.3 Å². The van der Waals surface area contributed by atoms with Gasteiger partial charge in [-0.05, 0) is 42.7 Å². The third-order valence-corrected chi connectivity index (χ3v) is 4.46. The maximum absolute atomic E-state index is 13.3. The summed E-state index contributed by atoms with van der Waals surface area (Å²) in [7, 11) is 0. The number of carboxylic acids is 1. The van der Waals surface area contributed by atoms with Gasteiger partial charge in [0.05, 0.1) is 6.54 Å². The van der Waals surface area contributed by atoms with Crippen LogP contribution in [0.5, 0.6) is 11.5 Å². The number of carbonyl (C=O) groups excluding carboxylic acids is 1. The van der Waals surface area contributed by atoms with Gasteiger partial charge in [0, 0.05) is 25.6 Å². The van der Waals surface area contributed by atoms with E-state index >= 15 is 0 Å². The van der Waals surface area contributed by atoms with Crippen LogP contribution in [0.1, 0.15) is 26.3 Å². The van der Waals surface area contributed by atoms with Gasteiger partial charge in [-0.1, -0.05) is 32.0 Å². The minimum Gasteiger partial charge on any atom is -0.492 e. The molecule has 2 aromatic rings. The van der Waals surface area contributed by atoms with E-state index in [4.69, 9.17) is 14.2 Å². The molecule has 0 radical (unpaired) electrons. The number of halogens is 1. The molecule has 1 atom stereocenters. The van der Waals surface area contributed by atoms with Gasteiger partial charge in [-0.3, -0.25) is 0 Å². The Morgan fingerprint density at radius 1 is 1.09 bits per heavy atom. The molecular formula is C24H30FNO6. The van der Waals surface area contributed by atoms with E-state index in [-0.39, 0.29) is 24.7 Å². The zero-order chi connectivity index (χ0) is 23.5. The standard InChI is InChI=1S/C24H30FNO6/c1-4-30-22(23(27)28)14-18-8-10-20(11-9-18)31-13-12-26(16-17(2)3)24(29)32-21-7-5-6-19(25)15-21/h5-11,15,17,22H,4,12-14,16H2,1-3H3,(H,27,28). The first-order chi connectivity index (χ1) is 15.3. The van der Waals surface area contributed by atoms with E-state index in [0.29, 0.717) is 25.4 Å². The Morgan fingerprint density at radius 2 is 1.81 bits per heavy atom. The number of hydrogen-bond acceptors (Lipinski definition) is 5. The molecule has 0 aliphatic carbocycles. The second-order valence-corrected chi connectivity index (χ2v) is 7.64. The molecule has 0 aromatic heterocycles. The molecule has 174 valence electrons. The number of carboxylic acid groups (broad SMARTS) is 1. The SMILES string of the molecule is CCOC(Cc1ccc(OCCN(CC(C)C)C(=O)Oc2cccc(F)c2)cc1)C(=O)O. The largest absolute Gasteiger partial charge is 0.492 e. The summed E-state index contributed by atoms with van der Waals surface area (Å²) in [5, 5.41) is 9.19. The van der Waals surface area contributed by atoms with Crippen LogP contribution in [0, 0.1) is 11.7 Å². The second kappa shape index (κ2) is 12.7. The zero-order valence-corrected chi connectivity index (χ0v) is 18.6. The van der Waals surface area contributed by atoms with Crippen LogP contribution in [-0.4, -0.2) is 54.5 Å². The van der Waals surface area contributed by atoms with E-state index < -0.39 is 24.0 Å². The summed E-state index contributed by atoms with van der Waals surface area (Å²) in [4.78, 5) is 25.3. The normalized spacial score (nSPS) is 11.8. The molecule has 0 spiro atoms. The van der Waals surface area contributed by atoms with Gasteiger partial charge in [0.1, 0.15) is 23.9 Å². The Morgan fingerprint density at radius 3 is 2.41 bits per heavy atom. The van der Waals surface area contributed by atoms with Crippen LogP contribution in [0.2, 0.25) is 0 Å². The van der Waals surface area contributed by atoms with Gasteiger partial charge in [0.25, 0.3) is 0 Å². The molecule has 0 saturated carbocycles. The van der Waals surface area contributed by atoms with Crippen molar-refractivity contribution in [2.75, 3.05) is 26.3 Å². The molecule has 0 heterocycles. The number of carbonyl (C=O) groups is 2. The summed E-state index contributed by atoms with van der Waals surface area (Å²) in [6.07, 6.45) is -1.20. The van der Waals surface area contributed by atoms with Gasteiger partial charge in [-0.25, -0.2) is 14.0 Å². The summed E-state index contributed by atoms with van der Waals surface area (Å²) in [5.74, 6) is -0.523. The minimum absolute atomic E-state index is 0.145. The van der Waals surface area contributed by atoms with Crippen molar-refractivity contribution >= 4 is 12.1 Å². The fourth-order valence-corrected chi connectivity index (χ4v) is 3.02. The predicted molar refractivity (Wildman–Crippen MR) is 118 cm³/mol. The Bertz CT molecular complexity index is 871. The molecule has 0 bridgehead atoms. The molecule has 0 fully saturated rings. The number of amides is 1. The van der Waals surface area contributed by atoms with E-state index in [1.54, 1.807) is 31.2 Å². The van der Waals surface area contributed by atoms with Gasteiger partial charge in [-0.2, -0.15) is 0 Å². The van der Waals surface area contributed by atoms with Crippen LogP contribution in [0.4, 0.5) is 9.18 Å². The lowest BCUT2D eigenvalue weighted by molar-refractivity contribution is -0.149. The van der Waals surface area contributed by atoms with Crippen LogP contribution in [-0.2, 0) is 16.0 Å². The number of rotatable bonds is 12. The Balaban J connectivity index is 1.90. The summed E-state index contributed by atoms with van der Waals surface area (Å²) in [6, 6.07) is 12.5. The topological polar surface area (TPSA) is 85.3 Å². The van der Waals surface area contributed by atoms with E-state index in [9.17, 15) is 19.1 Å². The molecule has 0 aliphatic rings. The summed E-state index contributed by atoms with van der Waals surface area (Å²) < 4.78 is 29.6. The molecule has 1 N–H and O–H groups in total. The molecule has 1 amide bonds. The Labute approximate surface area is 187 Å². The van der Waals surface area contributed by atoms with E-state index in [1.165, 1.54) is 23.1 Å². The third kappa shape index (κ3) is 8.55. The first-order valence-electron chi connectivity index (χ1n) is 10.6. The van der Waals surface area contributed by atoms with E-state index in [1.807, 2.05) is 13.8 Å². The van der Waals surface area contributed by atoms with Crippen LogP contribution in [0.25, 0.3) is 0 Å². The number of nitrogens with zero attached hydrogens (tertiary/aromatic N) is 1. The molecule has 2 aromatic carbocycles. The van der Waals surface area contributed by atoms with Crippen LogP contribution >= 0.6 is 0 Å². The molecular weight excluding hydrogens is 417 g/mol. The molecule has 2 rings (SSSR count). The van der Waals surface area contributed by atoms with E-state index in [2.05, 4.69) is 0 Å². The maximum Gasteiger partial charge on any atom is 0.415 e. The fourth-order valence-electron chi connectivity index (χ4n) is 3.02. The molecule has 1 unspecified atom stereocenters. The average Bonchev–Trinajstić information content (AvgIpc) is 2.73. The van der Waals surface area contributed by atoms with Crippen molar-refractivity contribution in [3.63, 3.8) is 0 Å². The molecule has 7 nitrogen and oxygen atoms in total. The van der Waals surface area contributed by atoms with Crippen LogP contribution in [0.3, 0.4) is 0 Å². The summed E-state index contributed by atoms with van der Waals surface area (Å²) in [5.41, 5.74) is 0.818. The molecule has 32 heavy (non-hydrogen) atoms. The number of benzene rings is 2. The second-order valence-electron chi connectivity index (χ2n) is 7.64. The first-order valence-corrected chi connectivity index (χ1v) is 10.6. The van der Waals surface area contributed by atoms with Crippen molar-refractivity contribution in [1.82, 2.24) is 4.90 Å². The van der Waals surface area contributed by atoms with Crippen LogP contribution in [0.15, 0.2) is 48.5 Å². The fraction of sp³-hybridized carbons (Fsp3) is 0.417. The molecule has 0 saturated heterocycles. The quantitative estimate of drug-likeness (QED) is 0.519. The van der Waals surface area contributed by atoms with Crippen molar-refractivity contribution in [2.45, 2.75) is 33.3 Å². The highest BCUT2D eigenvalue weighted by atomic mass is 19.1. The average molecular weight is 448 g/mol. The maximum atomic E-state index is 13.3. The molecule has 0 aliphatic heterocycles. The van der Waals surface area contributed by atoms with Crippen molar-refractivity contribution in [2.24, 2.45) is 5.92 Å². The lowest BCUT2D eigenvalue weighted by Crippen LogP contribution is -2.39. The van der Waals surface area contributed by atoms with Gasteiger partial charge >= 0.3 is 12.1 Å². The van der Waals surface area contributed by atoms with Gasteiger partial charge < -0.3 is 24.2 Å². The zero-order valence-electron chi connectivity index (χ0n) is 18.6. The Hall–Kier alpha value is -3.13. The highest BCUT2D eigenvalue weighted by Crippen LogP contribution is 2.16. The first kappa shape index (κ1) is 25.1. The van der Waals surface area contributed by atoms with Gasteiger partial charge in [0.15, 0.2) is 6.10 Å². The van der Waals surface area contributed by atoms with Gasteiger partial charge in [-0.15, -0.1) is 0 Å². The highest BCUT2D eigenvalue weighted by Gasteiger charge is 2.19. The number of aliphatic carboxylic acids is 1. The summed E-state index contributed by atoms with van der Waals surface area (Å²) >= 11 is 0. The smallest absolute Gasteiger partial charge is 0.415 e. The van der Waals surface area contributed by atoms with Crippen LogP contribution < -0.4 is 9.47 Å². The van der Waals surface area contributed by atoms with Crippen molar-refractivity contribution in [3.8, 4) is 11.5 Å². The lowest BCUT2D eigenvalue weighted by atomic mass is 10.1. The third-order valence-electron chi connectivity index (χ3n) is 4.46. The number of ether oxygens (including phenoxy) is 3. The minimum atomic E-state index is -0.998. The number of hydrogen-bond donors (Lipinski definition) is 1. The highest BCUT2D eigenvalue weighted by molar-refractivity contribution is 5.72. The van der Waals surface area contributed by atoms with Crippen molar-refractivity contribution in [1.29, 1.82) is 0 Å². The summed E-state index contributed by atoms with van der Waals surface area (Å²) in [6.45, 7) is 7.03.